The predicted octanol–water partition coefficient (Wildman–Crippen LogP) is 3.47. The number of rotatable bonds is 1. The first-order chi connectivity index (χ1) is 7.10. The summed E-state index contributed by atoms with van der Waals surface area (Å²) in [7, 11) is 0. The third-order valence-electron chi connectivity index (χ3n) is 2.19. The summed E-state index contributed by atoms with van der Waals surface area (Å²) in [5.41, 5.74) is 2.68. The average Bonchev–Trinajstić information content (AvgIpc) is 2.19. The van der Waals surface area contributed by atoms with Crippen molar-refractivity contribution < 1.29 is 0 Å². The highest BCUT2D eigenvalue weighted by molar-refractivity contribution is 6.30. The summed E-state index contributed by atoms with van der Waals surface area (Å²) in [4.78, 5) is 0. The lowest BCUT2D eigenvalue weighted by molar-refractivity contribution is 1.39. The zero-order chi connectivity index (χ0) is 11.4. The van der Waals surface area contributed by atoms with Crippen molar-refractivity contribution in [3.63, 3.8) is 0 Å². The molecule has 0 aliphatic rings. The minimum atomic E-state index is 0.139. The largest absolute Gasteiger partial charge is 0.192 e. The van der Waals surface area contributed by atoms with Crippen molar-refractivity contribution >= 4 is 17.2 Å². The van der Waals surface area contributed by atoms with E-state index in [0.29, 0.717) is 10.6 Å². The Balaban J connectivity index is 3.37. The number of benzene rings is 1. The third-order valence-corrected chi connectivity index (χ3v) is 2.43. The fourth-order valence-electron chi connectivity index (χ4n) is 1.38. The van der Waals surface area contributed by atoms with Crippen molar-refractivity contribution in [1.29, 1.82) is 10.5 Å². The van der Waals surface area contributed by atoms with Crippen LogP contribution in [0.25, 0.3) is 5.57 Å². The lowest BCUT2D eigenvalue weighted by Gasteiger charge is -2.06. The second-order valence-electron chi connectivity index (χ2n) is 3.18. The van der Waals surface area contributed by atoms with E-state index < -0.39 is 0 Å². The molecule has 0 unspecified atom stereocenters. The second-order valence-corrected chi connectivity index (χ2v) is 3.62. The first-order valence-electron chi connectivity index (χ1n) is 4.37. The Morgan fingerprint density at radius 2 is 1.87 bits per heavy atom. The first-order valence-corrected chi connectivity index (χ1v) is 4.75. The Bertz CT molecular complexity index is 485. The number of nitrogens with zero attached hydrogens (tertiary/aromatic N) is 2. The molecular formula is C12H9ClN2. The standard InChI is InChI=1S/C12H9ClN2/c1-8-5-11(13)3-4-12(8)9(2)10(6-14)7-15/h3-5H,1-2H3. The molecule has 0 saturated heterocycles. The van der Waals surface area contributed by atoms with Crippen molar-refractivity contribution in [1.82, 2.24) is 0 Å². The molecule has 0 saturated carbocycles. The van der Waals surface area contributed by atoms with Gasteiger partial charge in [-0.15, -0.1) is 0 Å². The van der Waals surface area contributed by atoms with Crippen LogP contribution in [0.15, 0.2) is 23.8 Å². The zero-order valence-electron chi connectivity index (χ0n) is 8.50. The molecular weight excluding hydrogens is 208 g/mol. The summed E-state index contributed by atoms with van der Waals surface area (Å²) in [6.45, 7) is 3.66. The van der Waals surface area contributed by atoms with Gasteiger partial charge in [0.1, 0.15) is 17.7 Å². The van der Waals surface area contributed by atoms with Crippen molar-refractivity contribution in [3.8, 4) is 12.1 Å². The van der Waals surface area contributed by atoms with E-state index >= 15 is 0 Å². The van der Waals surface area contributed by atoms with Crippen LogP contribution in [0.4, 0.5) is 0 Å². The summed E-state index contributed by atoms with van der Waals surface area (Å²) >= 11 is 5.82. The molecule has 0 aliphatic carbocycles. The molecule has 2 nitrogen and oxygen atoms in total. The molecule has 0 heterocycles. The highest BCUT2D eigenvalue weighted by Gasteiger charge is 2.06. The van der Waals surface area contributed by atoms with Crippen LogP contribution in [-0.2, 0) is 0 Å². The maximum atomic E-state index is 8.75. The number of hydrogen-bond donors (Lipinski definition) is 0. The van der Waals surface area contributed by atoms with Gasteiger partial charge < -0.3 is 0 Å². The lowest BCUT2D eigenvalue weighted by Crippen LogP contribution is -1.89. The number of halogens is 1. The zero-order valence-corrected chi connectivity index (χ0v) is 9.26. The van der Waals surface area contributed by atoms with Gasteiger partial charge in [-0.2, -0.15) is 10.5 Å². The Morgan fingerprint density at radius 1 is 1.27 bits per heavy atom. The van der Waals surface area contributed by atoms with E-state index in [0.717, 1.165) is 11.1 Å². The van der Waals surface area contributed by atoms with Crippen molar-refractivity contribution in [3.05, 3.63) is 39.9 Å². The molecule has 15 heavy (non-hydrogen) atoms. The third kappa shape index (κ3) is 2.37. The van der Waals surface area contributed by atoms with Gasteiger partial charge in [0.25, 0.3) is 0 Å². The summed E-state index contributed by atoms with van der Waals surface area (Å²) in [5, 5.41) is 18.1. The van der Waals surface area contributed by atoms with Crippen LogP contribution in [0.1, 0.15) is 18.1 Å². The van der Waals surface area contributed by atoms with Gasteiger partial charge >= 0.3 is 0 Å². The van der Waals surface area contributed by atoms with Crippen LogP contribution < -0.4 is 0 Å². The van der Waals surface area contributed by atoms with Crippen LogP contribution in [0.5, 0.6) is 0 Å². The molecule has 1 aromatic rings. The smallest absolute Gasteiger partial charge is 0.133 e. The van der Waals surface area contributed by atoms with E-state index in [2.05, 4.69) is 0 Å². The fraction of sp³-hybridized carbons (Fsp3) is 0.167. The second kappa shape index (κ2) is 4.64. The van der Waals surface area contributed by atoms with Gasteiger partial charge in [-0.05, 0) is 42.7 Å². The van der Waals surface area contributed by atoms with Gasteiger partial charge in [0, 0.05) is 5.02 Å². The van der Waals surface area contributed by atoms with Gasteiger partial charge in [-0.1, -0.05) is 17.7 Å². The fourth-order valence-corrected chi connectivity index (χ4v) is 1.60. The SMILES string of the molecule is CC(=C(C#N)C#N)c1ccc(Cl)cc1C. The molecule has 0 bridgehead atoms. The van der Waals surface area contributed by atoms with E-state index in [1.54, 1.807) is 13.0 Å². The van der Waals surface area contributed by atoms with Crippen LogP contribution in [-0.4, -0.2) is 0 Å². The maximum Gasteiger partial charge on any atom is 0.133 e. The molecule has 0 atom stereocenters. The molecule has 0 fully saturated rings. The summed E-state index contributed by atoms with van der Waals surface area (Å²) < 4.78 is 0. The molecule has 1 rings (SSSR count). The molecule has 0 amide bonds. The van der Waals surface area contributed by atoms with Crippen LogP contribution in [0.2, 0.25) is 5.02 Å². The summed E-state index contributed by atoms with van der Waals surface area (Å²) in [6, 6.07) is 9.14. The van der Waals surface area contributed by atoms with E-state index in [1.807, 2.05) is 31.2 Å². The number of allylic oxidation sites excluding steroid dienone is 2. The summed E-state index contributed by atoms with van der Waals surface area (Å²) in [6.07, 6.45) is 0. The Hall–Kier alpha value is -1.77. The quantitative estimate of drug-likeness (QED) is 0.675. The number of aryl methyl sites for hydroxylation is 1. The average molecular weight is 217 g/mol. The minimum absolute atomic E-state index is 0.139. The first kappa shape index (κ1) is 11.3. The van der Waals surface area contributed by atoms with E-state index in [-0.39, 0.29) is 5.57 Å². The minimum Gasteiger partial charge on any atom is -0.192 e. The number of nitriles is 2. The van der Waals surface area contributed by atoms with E-state index in [9.17, 15) is 0 Å². The molecule has 0 spiro atoms. The molecule has 1 aromatic carbocycles. The van der Waals surface area contributed by atoms with Crippen molar-refractivity contribution in [2.24, 2.45) is 0 Å². The van der Waals surface area contributed by atoms with Crippen molar-refractivity contribution in [2.75, 3.05) is 0 Å². The highest BCUT2D eigenvalue weighted by Crippen LogP contribution is 2.24. The van der Waals surface area contributed by atoms with Gasteiger partial charge in [-0.3, -0.25) is 0 Å². The monoisotopic (exact) mass is 216 g/mol. The Kier molecular flexibility index (Phi) is 3.50. The molecule has 0 N–H and O–H groups in total. The molecule has 0 radical (unpaired) electrons. The van der Waals surface area contributed by atoms with Gasteiger partial charge in [0.2, 0.25) is 0 Å². The Labute approximate surface area is 94.0 Å². The van der Waals surface area contributed by atoms with Crippen LogP contribution >= 0.6 is 11.6 Å². The molecule has 74 valence electrons. The van der Waals surface area contributed by atoms with Gasteiger partial charge in [0.05, 0.1) is 0 Å². The molecule has 0 aromatic heterocycles. The van der Waals surface area contributed by atoms with E-state index in [4.69, 9.17) is 22.1 Å². The lowest BCUT2D eigenvalue weighted by atomic mass is 9.98. The van der Waals surface area contributed by atoms with Crippen molar-refractivity contribution in [2.45, 2.75) is 13.8 Å². The Morgan fingerprint density at radius 3 is 2.33 bits per heavy atom. The normalized spacial score (nSPS) is 8.87. The molecule has 0 aliphatic heterocycles. The van der Waals surface area contributed by atoms with E-state index in [1.165, 1.54) is 0 Å². The van der Waals surface area contributed by atoms with Gasteiger partial charge in [-0.25, -0.2) is 0 Å². The van der Waals surface area contributed by atoms with Crippen LogP contribution in [0.3, 0.4) is 0 Å². The topological polar surface area (TPSA) is 47.6 Å². The van der Waals surface area contributed by atoms with Crippen LogP contribution in [0, 0.1) is 29.6 Å². The predicted molar refractivity (Wildman–Crippen MR) is 60.0 cm³/mol. The highest BCUT2D eigenvalue weighted by atomic mass is 35.5. The summed E-state index contributed by atoms with van der Waals surface area (Å²) in [5.74, 6) is 0. The van der Waals surface area contributed by atoms with Gasteiger partial charge in [0.15, 0.2) is 0 Å². The number of hydrogen-bond acceptors (Lipinski definition) is 2. The molecule has 3 heteroatoms. The maximum absolute atomic E-state index is 8.75.